The molecule has 0 aliphatic heterocycles. The molecule has 0 aliphatic carbocycles. The molecule has 0 aromatic rings. The lowest BCUT2D eigenvalue weighted by atomic mass is 10.0. The highest BCUT2D eigenvalue weighted by atomic mass is 16.4. The Bertz CT molecular complexity index is 136. The molecule has 0 spiro atoms. The lowest BCUT2D eigenvalue weighted by molar-refractivity contribution is -0.113. The highest BCUT2D eigenvalue weighted by molar-refractivity contribution is 4.80. The van der Waals surface area contributed by atoms with E-state index in [0.717, 1.165) is 0 Å². The van der Waals surface area contributed by atoms with E-state index in [1.807, 2.05) is 0 Å². The summed E-state index contributed by atoms with van der Waals surface area (Å²) in [7, 11) is 0. The van der Waals surface area contributed by atoms with Crippen molar-refractivity contribution < 1.29 is 25.5 Å². The SMILES string of the molecule is NNC[C@H](O)[C@@H](O)[C@H](O)[C@H](O)CO. The van der Waals surface area contributed by atoms with Gasteiger partial charge in [0.15, 0.2) is 0 Å². The Morgan fingerprint density at radius 1 is 1.00 bits per heavy atom. The van der Waals surface area contributed by atoms with E-state index in [1.54, 1.807) is 0 Å². The van der Waals surface area contributed by atoms with Crippen LogP contribution in [0.1, 0.15) is 0 Å². The quantitative estimate of drug-likeness (QED) is 0.169. The van der Waals surface area contributed by atoms with Crippen LogP contribution in [0.15, 0.2) is 0 Å². The Hall–Kier alpha value is -0.280. The molecule has 13 heavy (non-hydrogen) atoms. The van der Waals surface area contributed by atoms with Crippen LogP contribution in [-0.2, 0) is 0 Å². The van der Waals surface area contributed by atoms with E-state index in [1.165, 1.54) is 0 Å². The molecule has 0 aromatic heterocycles. The van der Waals surface area contributed by atoms with Crippen LogP contribution in [0.25, 0.3) is 0 Å². The summed E-state index contributed by atoms with van der Waals surface area (Å²) in [6.07, 6.45) is -5.95. The number of hydrogen-bond donors (Lipinski definition) is 7. The van der Waals surface area contributed by atoms with Crippen molar-refractivity contribution in [2.24, 2.45) is 5.84 Å². The number of nitrogens with one attached hydrogen (secondary N) is 1. The van der Waals surface area contributed by atoms with Crippen LogP contribution in [0, 0.1) is 0 Å². The second-order valence-corrected chi connectivity index (χ2v) is 2.71. The standard InChI is InChI=1S/C6H16N2O5/c7-8-1-3(10)5(12)6(13)4(11)2-9/h3-6,8-13H,1-2,7H2/t3-,4+,5+,6+/m0/s1. The van der Waals surface area contributed by atoms with E-state index < -0.39 is 31.0 Å². The Morgan fingerprint density at radius 2 is 1.46 bits per heavy atom. The van der Waals surface area contributed by atoms with Crippen LogP contribution in [0.3, 0.4) is 0 Å². The van der Waals surface area contributed by atoms with E-state index in [2.05, 4.69) is 5.43 Å². The van der Waals surface area contributed by atoms with Crippen LogP contribution in [-0.4, -0.2) is 63.1 Å². The minimum absolute atomic E-state index is 0.129. The first-order valence-corrected chi connectivity index (χ1v) is 3.81. The van der Waals surface area contributed by atoms with Crippen LogP contribution in [0.4, 0.5) is 0 Å². The number of nitrogens with two attached hydrogens (primary N) is 1. The van der Waals surface area contributed by atoms with Gasteiger partial charge in [0, 0.05) is 6.54 Å². The smallest absolute Gasteiger partial charge is 0.111 e. The van der Waals surface area contributed by atoms with E-state index >= 15 is 0 Å². The first-order chi connectivity index (χ1) is 6.04. The summed E-state index contributed by atoms with van der Waals surface area (Å²) in [4.78, 5) is 0. The molecule has 0 fully saturated rings. The van der Waals surface area contributed by atoms with Gasteiger partial charge in [-0.1, -0.05) is 0 Å². The van der Waals surface area contributed by atoms with Gasteiger partial charge < -0.3 is 25.5 Å². The molecule has 0 radical (unpaired) electrons. The summed E-state index contributed by atoms with van der Waals surface area (Å²) in [5.74, 6) is 4.86. The summed E-state index contributed by atoms with van der Waals surface area (Å²) in [6.45, 7) is -0.822. The van der Waals surface area contributed by atoms with Crippen molar-refractivity contribution in [3.8, 4) is 0 Å². The molecule has 0 heterocycles. The first kappa shape index (κ1) is 12.7. The molecular weight excluding hydrogens is 180 g/mol. The molecule has 0 aromatic carbocycles. The minimum atomic E-state index is -1.60. The third-order valence-electron chi connectivity index (χ3n) is 1.65. The van der Waals surface area contributed by atoms with Gasteiger partial charge in [-0.05, 0) is 0 Å². The summed E-state index contributed by atoms with van der Waals surface area (Å²) in [5, 5.41) is 44.6. The van der Waals surface area contributed by atoms with E-state index in [4.69, 9.17) is 31.4 Å². The number of hydrazine groups is 1. The summed E-state index contributed by atoms with van der Waals surface area (Å²) >= 11 is 0. The Balaban J connectivity index is 3.99. The van der Waals surface area contributed by atoms with Gasteiger partial charge in [0.1, 0.15) is 18.3 Å². The van der Waals surface area contributed by atoms with Crippen LogP contribution in [0.2, 0.25) is 0 Å². The van der Waals surface area contributed by atoms with Gasteiger partial charge in [-0.2, -0.15) is 0 Å². The number of aliphatic hydroxyl groups is 5. The molecule has 7 heteroatoms. The molecule has 7 nitrogen and oxygen atoms in total. The topological polar surface area (TPSA) is 139 Å². The molecule has 0 saturated heterocycles. The Morgan fingerprint density at radius 3 is 1.85 bits per heavy atom. The van der Waals surface area contributed by atoms with Gasteiger partial charge in [-0.15, -0.1) is 0 Å². The zero-order valence-corrected chi connectivity index (χ0v) is 7.04. The van der Waals surface area contributed by atoms with Crippen molar-refractivity contribution in [1.29, 1.82) is 0 Å². The third kappa shape index (κ3) is 3.96. The molecule has 0 bridgehead atoms. The van der Waals surface area contributed by atoms with Gasteiger partial charge in [-0.25, -0.2) is 0 Å². The maximum absolute atomic E-state index is 9.15. The zero-order valence-electron chi connectivity index (χ0n) is 7.04. The largest absolute Gasteiger partial charge is 0.394 e. The van der Waals surface area contributed by atoms with Crippen LogP contribution >= 0.6 is 0 Å². The fourth-order valence-electron chi connectivity index (χ4n) is 0.805. The fourth-order valence-corrected chi connectivity index (χ4v) is 0.805. The zero-order chi connectivity index (χ0) is 10.4. The average molecular weight is 196 g/mol. The van der Waals surface area contributed by atoms with Crippen molar-refractivity contribution in [3.05, 3.63) is 0 Å². The lowest BCUT2D eigenvalue weighted by Crippen LogP contribution is -2.49. The van der Waals surface area contributed by atoms with Crippen molar-refractivity contribution in [1.82, 2.24) is 5.43 Å². The second kappa shape index (κ2) is 6.22. The maximum Gasteiger partial charge on any atom is 0.111 e. The van der Waals surface area contributed by atoms with Crippen LogP contribution in [0.5, 0.6) is 0 Å². The van der Waals surface area contributed by atoms with E-state index in [-0.39, 0.29) is 6.54 Å². The summed E-state index contributed by atoms with van der Waals surface area (Å²) in [5.41, 5.74) is 2.09. The van der Waals surface area contributed by atoms with Crippen molar-refractivity contribution in [3.63, 3.8) is 0 Å². The first-order valence-electron chi connectivity index (χ1n) is 3.81. The molecule has 4 atom stereocenters. The van der Waals surface area contributed by atoms with Crippen molar-refractivity contribution in [2.45, 2.75) is 24.4 Å². The van der Waals surface area contributed by atoms with E-state index in [0.29, 0.717) is 0 Å². The molecule has 0 rings (SSSR count). The normalized spacial score (nSPS) is 20.8. The predicted octanol–water partition coefficient (Wildman–Crippen LogP) is -4.11. The molecule has 0 unspecified atom stereocenters. The molecule has 0 saturated carbocycles. The minimum Gasteiger partial charge on any atom is -0.394 e. The average Bonchev–Trinajstić information content (AvgIpc) is 2.14. The lowest BCUT2D eigenvalue weighted by Gasteiger charge is -2.25. The molecule has 8 N–H and O–H groups in total. The molecule has 80 valence electrons. The number of hydrogen-bond acceptors (Lipinski definition) is 7. The molecule has 0 amide bonds. The summed E-state index contributed by atoms with van der Waals surface area (Å²) < 4.78 is 0. The Labute approximate surface area is 75.4 Å². The third-order valence-corrected chi connectivity index (χ3v) is 1.65. The Kier molecular flexibility index (Phi) is 6.08. The van der Waals surface area contributed by atoms with Gasteiger partial charge in [0.05, 0.1) is 12.7 Å². The predicted molar refractivity (Wildman–Crippen MR) is 43.3 cm³/mol. The van der Waals surface area contributed by atoms with Crippen LogP contribution < -0.4 is 11.3 Å². The van der Waals surface area contributed by atoms with Gasteiger partial charge in [0.2, 0.25) is 0 Å². The number of rotatable bonds is 6. The monoisotopic (exact) mass is 196 g/mol. The summed E-state index contributed by atoms with van der Waals surface area (Å²) in [6, 6.07) is 0. The van der Waals surface area contributed by atoms with Gasteiger partial charge in [-0.3, -0.25) is 11.3 Å². The highest BCUT2D eigenvalue weighted by Gasteiger charge is 2.29. The molecular formula is C6H16N2O5. The maximum atomic E-state index is 9.15. The highest BCUT2D eigenvalue weighted by Crippen LogP contribution is 2.03. The van der Waals surface area contributed by atoms with Gasteiger partial charge in [0.25, 0.3) is 0 Å². The second-order valence-electron chi connectivity index (χ2n) is 2.71. The van der Waals surface area contributed by atoms with Gasteiger partial charge >= 0.3 is 0 Å². The van der Waals surface area contributed by atoms with Crippen molar-refractivity contribution in [2.75, 3.05) is 13.2 Å². The molecule has 0 aliphatic rings. The fraction of sp³-hybridized carbons (Fsp3) is 1.00. The van der Waals surface area contributed by atoms with Crippen molar-refractivity contribution >= 4 is 0 Å². The van der Waals surface area contributed by atoms with E-state index in [9.17, 15) is 0 Å². The number of aliphatic hydroxyl groups excluding tert-OH is 5.